The quantitative estimate of drug-likeness (QED) is 0.602. The Morgan fingerprint density at radius 3 is 2.61 bits per heavy atom. The summed E-state index contributed by atoms with van der Waals surface area (Å²) in [5.74, 6) is -1.70. The van der Waals surface area contributed by atoms with Crippen LogP contribution in [0.1, 0.15) is 16.6 Å². The van der Waals surface area contributed by atoms with E-state index in [0.29, 0.717) is 4.88 Å². The third kappa shape index (κ3) is 4.76. The van der Waals surface area contributed by atoms with E-state index in [9.17, 15) is 14.0 Å². The highest BCUT2D eigenvalue weighted by molar-refractivity contribution is 9.13. The van der Waals surface area contributed by atoms with Crippen molar-refractivity contribution >= 4 is 72.4 Å². The zero-order valence-electron chi connectivity index (χ0n) is 11.5. The fourth-order valence-corrected chi connectivity index (χ4v) is 3.68. The Balaban J connectivity index is 2.00. The van der Waals surface area contributed by atoms with Gasteiger partial charge in [-0.1, -0.05) is 11.6 Å². The molecule has 0 bridgehead atoms. The Hall–Kier alpha value is -0.960. The van der Waals surface area contributed by atoms with Gasteiger partial charge < -0.3 is 10.1 Å². The second kappa shape index (κ2) is 7.74. The molecule has 0 saturated carbocycles. The number of anilines is 1. The fraction of sp³-hybridized carbons (Fsp3) is 0.143. The van der Waals surface area contributed by atoms with Gasteiger partial charge in [-0.15, -0.1) is 11.3 Å². The second-order valence-electron chi connectivity index (χ2n) is 4.39. The van der Waals surface area contributed by atoms with E-state index in [1.54, 1.807) is 6.07 Å². The Bertz CT molecular complexity index is 749. The van der Waals surface area contributed by atoms with E-state index in [2.05, 4.69) is 37.2 Å². The molecule has 1 aromatic carbocycles. The zero-order valence-corrected chi connectivity index (χ0v) is 16.3. The summed E-state index contributed by atoms with van der Waals surface area (Å²) in [5, 5.41) is 2.54. The van der Waals surface area contributed by atoms with E-state index in [1.165, 1.54) is 30.4 Å². The van der Waals surface area contributed by atoms with Gasteiger partial charge in [0.05, 0.1) is 14.5 Å². The molecule has 0 aliphatic heterocycles. The first kappa shape index (κ1) is 18.4. The molecule has 1 unspecified atom stereocenters. The lowest BCUT2D eigenvalue weighted by atomic mass is 10.3. The molecule has 1 atom stereocenters. The van der Waals surface area contributed by atoms with Gasteiger partial charge >= 0.3 is 5.97 Å². The molecule has 0 aliphatic rings. The van der Waals surface area contributed by atoms with Crippen molar-refractivity contribution in [3.8, 4) is 0 Å². The molecular weight excluding hydrogens is 476 g/mol. The lowest BCUT2D eigenvalue weighted by Crippen LogP contribution is -2.29. The van der Waals surface area contributed by atoms with Crippen molar-refractivity contribution in [2.45, 2.75) is 13.0 Å². The van der Waals surface area contributed by atoms with Crippen LogP contribution in [-0.2, 0) is 9.53 Å². The molecule has 1 aromatic heterocycles. The number of thiophene rings is 1. The van der Waals surface area contributed by atoms with Gasteiger partial charge in [-0.25, -0.2) is 9.18 Å². The van der Waals surface area contributed by atoms with E-state index >= 15 is 0 Å². The third-order valence-electron chi connectivity index (χ3n) is 2.69. The van der Waals surface area contributed by atoms with E-state index in [-0.39, 0.29) is 10.7 Å². The number of nitrogens with one attached hydrogen (secondary N) is 1. The average Bonchev–Trinajstić information content (AvgIpc) is 2.81. The Labute approximate surface area is 157 Å². The molecule has 122 valence electrons. The van der Waals surface area contributed by atoms with Gasteiger partial charge in [-0.3, -0.25) is 4.79 Å². The lowest BCUT2D eigenvalue weighted by Gasteiger charge is -2.13. The second-order valence-corrected chi connectivity index (χ2v) is 8.02. The van der Waals surface area contributed by atoms with Crippen molar-refractivity contribution in [1.82, 2.24) is 0 Å². The van der Waals surface area contributed by atoms with Crippen LogP contribution in [0.15, 0.2) is 32.5 Å². The summed E-state index contributed by atoms with van der Waals surface area (Å²) in [5.41, 5.74) is 0.238. The molecule has 23 heavy (non-hydrogen) atoms. The summed E-state index contributed by atoms with van der Waals surface area (Å²) < 4.78 is 19.5. The number of halogens is 4. The molecule has 1 amide bonds. The van der Waals surface area contributed by atoms with Crippen LogP contribution in [0.5, 0.6) is 0 Å². The molecule has 2 aromatic rings. The highest BCUT2D eigenvalue weighted by Gasteiger charge is 2.21. The van der Waals surface area contributed by atoms with Crippen molar-refractivity contribution in [3.63, 3.8) is 0 Å². The number of hydrogen-bond donors (Lipinski definition) is 1. The summed E-state index contributed by atoms with van der Waals surface area (Å²) in [7, 11) is 0. The van der Waals surface area contributed by atoms with Crippen molar-refractivity contribution < 1.29 is 18.7 Å². The van der Waals surface area contributed by atoms with Crippen LogP contribution in [0.25, 0.3) is 0 Å². The van der Waals surface area contributed by atoms with E-state index in [4.69, 9.17) is 16.3 Å². The van der Waals surface area contributed by atoms with Crippen LogP contribution in [0.4, 0.5) is 10.1 Å². The number of hydrogen-bond acceptors (Lipinski definition) is 4. The van der Waals surface area contributed by atoms with Crippen molar-refractivity contribution in [2.24, 2.45) is 0 Å². The Morgan fingerprint density at radius 1 is 1.35 bits per heavy atom. The van der Waals surface area contributed by atoms with Crippen LogP contribution < -0.4 is 5.32 Å². The predicted molar refractivity (Wildman–Crippen MR) is 94.6 cm³/mol. The maximum absolute atomic E-state index is 13.0. The van der Waals surface area contributed by atoms with Crippen LogP contribution in [0, 0.1) is 5.82 Å². The number of carbonyl (C=O) groups excluding carboxylic acids is 2. The highest BCUT2D eigenvalue weighted by Crippen LogP contribution is 2.32. The Morgan fingerprint density at radius 2 is 2.04 bits per heavy atom. The standard InChI is InChI=1S/C14H9Br2ClFNO3S/c1-6(22-14(21)11-5-8(15)12(16)23-11)13(20)19-10-3-2-7(18)4-9(10)17/h2-6H,1H3,(H,19,20). The van der Waals surface area contributed by atoms with Gasteiger partial charge in [-0.05, 0) is 63.0 Å². The summed E-state index contributed by atoms with van der Waals surface area (Å²) in [4.78, 5) is 24.4. The smallest absolute Gasteiger partial charge is 0.349 e. The molecule has 2 rings (SSSR count). The van der Waals surface area contributed by atoms with E-state index < -0.39 is 23.8 Å². The van der Waals surface area contributed by atoms with Gasteiger partial charge in [0.1, 0.15) is 10.7 Å². The molecule has 0 spiro atoms. The molecule has 0 fully saturated rings. The summed E-state index contributed by atoms with van der Waals surface area (Å²) in [6.07, 6.45) is -1.04. The fourth-order valence-electron chi connectivity index (χ4n) is 1.54. The first-order valence-corrected chi connectivity index (χ1v) is 8.97. The summed E-state index contributed by atoms with van der Waals surface area (Å²) >= 11 is 13.6. The van der Waals surface area contributed by atoms with Gasteiger partial charge in [0.2, 0.25) is 0 Å². The largest absolute Gasteiger partial charge is 0.448 e. The summed E-state index contributed by atoms with van der Waals surface area (Å²) in [6.45, 7) is 1.43. The molecule has 9 heteroatoms. The molecule has 0 aliphatic carbocycles. The van der Waals surface area contributed by atoms with Crippen LogP contribution >= 0.6 is 54.8 Å². The van der Waals surface area contributed by atoms with Gasteiger partial charge in [0.25, 0.3) is 5.91 Å². The number of esters is 1. The first-order valence-electron chi connectivity index (χ1n) is 6.19. The minimum atomic E-state index is -1.04. The topological polar surface area (TPSA) is 55.4 Å². The molecule has 1 heterocycles. The van der Waals surface area contributed by atoms with Crippen LogP contribution in [-0.4, -0.2) is 18.0 Å². The molecule has 0 radical (unpaired) electrons. The normalized spacial score (nSPS) is 11.9. The average molecular weight is 486 g/mol. The van der Waals surface area contributed by atoms with Crippen LogP contribution in [0.2, 0.25) is 5.02 Å². The number of benzene rings is 1. The highest BCUT2D eigenvalue weighted by atomic mass is 79.9. The van der Waals surface area contributed by atoms with Crippen LogP contribution in [0.3, 0.4) is 0 Å². The zero-order chi connectivity index (χ0) is 17.1. The van der Waals surface area contributed by atoms with E-state index in [1.807, 2.05) is 0 Å². The number of amides is 1. The van der Waals surface area contributed by atoms with Crippen molar-refractivity contribution in [3.05, 3.63) is 48.2 Å². The third-order valence-corrected chi connectivity index (χ3v) is 6.24. The molecular formula is C14H9Br2ClFNO3S. The van der Waals surface area contributed by atoms with Gasteiger partial charge in [0.15, 0.2) is 6.10 Å². The maximum Gasteiger partial charge on any atom is 0.349 e. The Kier molecular flexibility index (Phi) is 6.19. The number of carbonyl (C=O) groups is 2. The predicted octanol–water partition coefficient (Wildman–Crippen LogP) is 5.25. The molecule has 1 N–H and O–H groups in total. The first-order chi connectivity index (χ1) is 10.8. The van der Waals surface area contributed by atoms with Gasteiger partial charge in [-0.2, -0.15) is 0 Å². The molecule has 4 nitrogen and oxygen atoms in total. The SMILES string of the molecule is CC(OC(=O)c1cc(Br)c(Br)s1)C(=O)Nc1ccc(F)cc1Cl. The number of ether oxygens (including phenoxy) is 1. The monoisotopic (exact) mass is 483 g/mol. The van der Waals surface area contributed by atoms with Crippen molar-refractivity contribution in [2.75, 3.05) is 5.32 Å². The molecule has 0 saturated heterocycles. The minimum Gasteiger partial charge on any atom is -0.448 e. The van der Waals surface area contributed by atoms with E-state index in [0.717, 1.165) is 14.3 Å². The van der Waals surface area contributed by atoms with Crippen molar-refractivity contribution in [1.29, 1.82) is 0 Å². The number of rotatable bonds is 4. The maximum atomic E-state index is 13.0. The minimum absolute atomic E-state index is 0.0583. The van der Waals surface area contributed by atoms with Gasteiger partial charge in [0, 0.05) is 4.47 Å². The summed E-state index contributed by atoms with van der Waals surface area (Å²) in [6, 6.07) is 5.17. The lowest BCUT2D eigenvalue weighted by molar-refractivity contribution is -0.123.